The van der Waals surface area contributed by atoms with Crippen molar-refractivity contribution in [2.75, 3.05) is 0 Å². The molecule has 0 saturated heterocycles. The Bertz CT molecular complexity index is 274. The van der Waals surface area contributed by atoms with Gasteiger partial charge in [0.2, 0.25) is 0 Å². The molecule has 0 aliphatic heterocycles. The molecule has 0 fully saturated rings. The highest BCUT2D eigenvalue weighted by atomic mass is 35.5. The number of carboxylic acid groups (broad SMARTS) is 1. The Morgan fingerprint density at radius 2 is 1.23 bits per heavy atom. The van der Waals surface area contributed by atoms with Crippen LogP contribution < -0.4 is 0 Å². The summed E-state index contributed by atoms with van der Waals surface area (Å²) >= 11 is 22.5. The van der Waals surface area contributed by atoms with Crippen LogP contribution in [-0.4, -0.2) is 11.6 Å². The lowest BCUT2D eigenvalue weighted by molar-refractivity contribution is -0.122. The summed E-state index contributed by atoms with van der Waals surface area (Å²) in [4.78, 5) is 8.36. The second-order valence-electron chi connectivity index (χ2n) is 1.76. The summed E-state index contributed by atoms with van der Waals surface area (Å²) in [5, 5.41) is 8.32. The lowest BCUT2D eigenvalue weighted by Gasteiger charge is -1.98. The fourth-order valence-electron chi connectivity index (χ4n) is 0.502. The van der Waals surface area contributed by atoms with E-state index in [1.807, 2.05) is 0 Å². The van der Waals surface area contributed by atoms with E-state index in [1.54, 1.807) is 12.1 Å². The summed E-state index contributed by atoms with van der Waals surface area (Å²) in [7, 11) is 0. The zero-order valence-corrected chi connectivity index (χ0v) is 9.12. The summed E-state index contributed by atoms with van der Waals surface area (Å²) in [6.07, 6.45) is 0. The van der Waals surface area contributed by atoms with Crippen molar-refractivity contribution in [1.82, 2.24) is 0 Å². The van der Waals surface area contributed by atoms with Crippen LogP contribution in [0.5, 0.6) is 0 Å². The molecule has 1 N–H and O–H groups in total. The van der Waals surface area contributed by atoms with Gasteiger partial charge in [-0.05, 0) is 12.1 Å². The van der Waals surface area contributed by atoms with E-state index in [9.17, 15) is 0 Å². The second kappa shape index (κ2) is 6.33. The highest BCUT2D eigenvalue weighted by molar-refractivity contribution is 6.51. The molecule has 1 rings (SSSR count). The smallest absolute Gasteiger partial charge is 0.290 e. The Hall–Kier alpha value is -0.150. The van der Waals surface area contributed by atoms with Gasteiger partial charge in [0.25, 0.3) is 6.47 Å². The average molecular weight is 262 g/mol. The quantitative estimate of drug-likeness (QED) is 0.435. The van der Waals surface area contributed by atoms with E-state index in [1.165, 1.54) is 0 Å². The minimum atomic E-state index is -0.250. The monoisotopic (exact) mass is 260 g/mol. The van der Waals surface area contributed by atoms with E-state index in [0.29, 0.717) is 20.1 Å². The molecule has 0 atom stereocenters. The lowest BCUT2D eigenvalue weighted by Crippen LogP contribution is -1.71. The SMILES string of the molecule is Clc1ccc(Cl)c(Cl)c1Cl.O=CO. The Morgan fingerprint density at radius 1 is 1.00 bits per heavy atom. The Labute approximate surface area is 95.0 Å². The van der Waals surface area contributed by atoms with Crippen molar-refractivity contribution in [3.63, 3.8) is 0 Å². The van der Waals surface area contributed by atoms with Gasteiger partial charge in [0.15, 0.2) is 0 Å². The molecular formula is C7H4Cl4O2. The van der Waals surface area contributed by atoms with Crippen LogP contribution in [0.15, 0.2) is 12.1 Å². The number of halogens is 4. The topological polar surface area (TPSA) is 37.3 Å². The van der Waals surface area contributed by atoms with Crippen LogP contribution in [0.1, 0.15) is 0 Å². The van der Waals surface area contributed by atoms with Gasteiger partial charge in [0.1, 0.15) is 0 Å². The molecule has 1 aromatic carbocycles. The molecule has 0 aromatic heterocycles. The molecule has 0 saturated carbocycles. The fourth-order valence-corrected chi connectivity index (χ4v) is 1.24. The molecule has 0 radical (unpaired) electrons. The van der Waals surface area contributed by atoms with Crippen molar-refractivity contribution < 1.29 is 9.90 Å². The van der Waals surface area contributed by atoms with Gasteiger partial charge in [0.05, 0.1) is 20.1 Å². The summed E-state index contributed by atoms with van der Waals surface area (Å²) in [5.74, 6) is 0. The third-order valence-corrected chi connectivity index (χ3v) is 2.69. The Balaban J connectivity index is 0.000000424. The van der Waals surface area contributed by atoms with E-state index in [-0.39, 0.29) is 6.47 Å². The first-order chi connectivity index (χ1) is 6.04. The third-order valence-electron chi connectivity index (χ3n) is 0.988. The minimum absolute atomic E-state index is 0.250. The van der Waals surface area contributed by atoms with Crippen LogP contribution in [0.4, 0.5) is 0 Å². The number of rotatable bonds is 0. The molecule has 0 spiro atoms. The zero-order chi connectivity index (χ0) is 10.4. The summed E-state index contributed by atoms with van der Waals surface area (Å²) in [6.45, 7) is -0.250. The Morgan fingerprint density at radius 3 is 1.46 bits per heavy atom. The van der Waals surface area contributed by atoms with Gasteiger partial charge < -0.3 is 5.11 Å². The Kier molecular flexibility index (Phi) is 6.25. The molecule has 13 heavy (non-hydrogen) atoms. The number of hydrogen-bond acceptors (Lipinski definition) is 1. The maximum atomic E-state index is 8.36. The summed E-state index contributed by atoms with van der Waals surface area (Å²) in [6, 6.07) is 3.19. The molecule has 0 aliphatic carbocycles. The highest BCUT2D eigenvalue weighted by Crippen LogP contribution is 2.34. The molecule has 0 amide bonds. The predicted octanol–water partition coefficient (Wildman–Crippen LogP) is 4.00. The highest BCUT2D eigenvalue weighted by Gasteiger charge is 2.05. The molecule has 0 aliphatic rings. The van der Waals surface area contributed by atoms with E-state index in [4.69, 9.17) is 56.3 Å². The molecule has 2 nitrogen and oxygen atoms in total. The first-order valence-corrected chi connectivity index (χ1v) is 4.42. The normalized spacial score (nSPS) is 8.62. The van der Waals surface area contributed by atoms with Crippen LogP contribution in [0, 0.1) is 0 Å². The van der Waals surface area contributed by atoms with Gasteiger partial charge in [0, 0.05) is 0 Å². The van der Waals surface area contributed by atoms with Crippen molar-refractivity contribution >= 4 is 52.9 Å². The van der Waals surface area contributed by atoms with Crippen LogP contribution >= 0.6 is 46.4 Å². The third kappa shape index (κ3) is 4.05. The first kappa shape index (κ1) is 12.8. The van der Waals surface area contributed by atoms with Gasteiger partial charge in [-0.2, -0.15) is 0 Å². The van der Waals surface area contributed by atoms with Crippen molar-refractivity contribution in [2.45, 2.75) is 0 Å². The van der Waals surface area contributed by atoms with Crippen molar-refractivity contribution in [2.24, 2.45) is 0 Å². The maximum Gasteiger partial charge on any atom is 0.290 e. The lowest BCUT2D eigenvalue weighted by atomic mass is 10.4. The van der Waals surface area contributed by atoms with Crippen molar-refractivity contribution in [1.29, 1.82) is 0 Å². The number of carbonyl (C=O) groups is 1. The first-order valence-electron chi connectivity index (χ1n) is 2.91. The average Bonchev–Trinajstić information content (AvgIpc) is 2.10. The molecule has 0 unspecified atom stereocenters. The number of hydrogen-bond donors (Lipinski definition) is 1. The van der Waals surface area contributed by atoms with Gasteiger partial charge in [-0.25, -0.2) is 0 Å². The molecular weight excluding hydrogens is 258 g/mol. The van der Waals surface area contributed by atoms with Crippen LogP contribution in [0.2, 0.25) is 20.1 Å². The molecule has 0 bridgehead atoms. The van der Waals surface area contributed by atoms with Gasteiger partial charge in [-0.3, -0.25) is 4.79 Å². The van der Waals surface area contributed by atoms with E-state index in [0.717, 1.165) is 0 Å². The van der Waals surface area contributed by atoms with E-state index < -0.39 is 0 Å². The predicted molar refractivity (Wildman–Crippen MR) is 55.2 cm³/mol. The van der Waals surface area contributed by atoms with Crippen LogP contribution in [0.25, 0.3) is 0 Å². The van der Waals surface area contributed by atoms with Gasteiger partial charge in [-0.1, -0.05) is 46.4 Å². The van der Waals surface area contributed by atoms with Crippen molar-refractivity contribution in [3.05, 3.63) is 32.2 Å². The maximum absolute atomic E-state index is 8.36. The van der Waals surface area contributed by atoms with Gasteiger partial charge in [-0.15, -0.1) is 0 Å². The van der Waals surface area contributed by atoms with Gasteiger partial charge >= 0.3 is 0 Å². The molecule has 72 valence electrons. The largest absolute Gasteiger partial charge is 0.483 e. The molecule has 6 heteroatoms. The van der Waals surface area contributed by atoms with Crippen LogP contribution in [-0.2, 0) is 4.79 Å². The minimum Gasteiger partial charge on any atom is -0.483 e. The van der Waals surface area contributed by atoms with Crippen LogP contribution in [0.3, 0.4) is 0 Å². The fraction of sp³-hybridized carbons (Fsp3) is 0. The second-order valence-corrected chi connectivity index (χ2v) is 3.33. The summed E-state index contributed by atoms with van der Waals surface area (Å²) in [5.41, 5.74) is 0. The van der Waals surface area contributed by atoms with Crippen molar-refractivity contribution in [3.8, 4) is 0 Å². The standard InChI is InChI=1S/C6H2Cl4.CH2O2/c7-3-1-2-4(8)6(10)5(3)9;2-1-3/h1-2H;1H,(H,2,3). The van der Waals surface area contributed by atoms with E-state index >= 15 is 0 Å². The molecule has 1 aromatic rings. The molecule has 0 heterocycles. The number of benzene rings is 1. The summed E-state index contributed by atoms with van der Waals surface area (Å²) < 4.78 is 0. The van der Waals surface area contributed by atoms with E-state index in [2.05, 4.69) is 0 Å². The zero-order valence-electron chi connectivity index (χ0n) is 6.10.